The Hall–Kier alpha value is -1.44. The zero-order valence-corrected chi connectivity index (χ0v) is 15.2. The first-order chi connectivity index (χ1) is 12.1. The molecular formula is C18H29N3O4. The number of nitrogens with one attached hydrogen (secondary N) is 2. The summed E-state index contributed by atoms with van der Waals surface area (Å²) in [5, 5.41) is 10.7. The Balaban J connectivity index is 1.70. The van der Waals surface area contributed by atoms with Crippen molar-refractivity contribution in [1.29, 1.82) is 0 Å². The van der Waals surface area contributed by atoms with E-state index in [0.29, 0.717) is 25.6 Å². The van der Waals surface area contributed by atoms with E-state index in [4.69, 9.17) is 14.0 Å². The highest BCUT2D eigenvalue weighted by molar-refractivity contribution is 5.83. The lowest BCUT2D eigenvalue weighted by Gasteiger charge is -2.36. The average Bonchev–Trinajstić information content (AvgIpc) is 3.27. The molecule has 2 fully saturated rings. The van der Waals surface area contributed by atoms with Crippen LogP contribution in [0.25, 0.3) is 0 Å². The third-order valence-corrected chi connectivity index (χ3v) is 5.27. The van der Waals surface area contributed by atoms with Crippen LogP contribution in [-0.2, 0) is 20.7 Å². The molecule has 0 aromatic carbocycles. The Morgan fingerprint density at radius 2 is 2.32 bits per heavy atom. The van der Waals surface area contributed by atoms with Crippen LogP contribution in [0, 0.1) is 5.41 Å². The quantitative estimate of drug-likeness (QED) is 0.769. The van der Waals surface area contributed by atoms with Gasteiger partial charge in [0.15, 0.2) is 0 Å². The minimum atomic E-state index is -0.448. The number of hydrogen-bond donors (Lipinski definition) is 2. The molecule has 2 N–H and O–H groups in total. The fraction of sp³-hybridized carbons (Fsp3) is 0.778. The Bertz CT molecular complexity index is 562. The third kappa shape index (κ3) is 4.40. The summed E-state index contributed by atoms with van der Waals surface area (Å²) in [4.78, 5) is 13.0. The van der Waals surface area contributed by atoms with Crippen LogP contribution in [0.5, 0.6) is 0 Å². The Morgan fingerprint density at radius 1 is 1.52 bits per heavy atom. The molecule has 0 unspecified atom stereocenters. The van der Waals surface area contributed by atoms with Gasteiger partial charge in [0.25, 0.3) is 0 Å². The smallest absolute Gasteiger partial charge is 0.227 e. The van der Waals surface area contributed by atoms with E-state index in [1.165, 1.54) is 0 Å². The van der Waals surface area contributed by atoms with Crippen LogP contribution in [-0.4, -0.2) is 57.1 Å². The summed E-state index contributed by atoms with van der Waals surface area (Å²) in [5.41, 5.74) is 0.501. The molecule has 7 heteroatoms. The largest absolute Gasteiger partial charge is 0.383 e. The fourth-order valence-corrected chi connectivity index (χ4v) is 3.76. The van der Waals surface area contributed by atoms with Crippen molar-refractivity contribution in [2.75, 3.05) is 40.0 Å². The first-order valence-electron chi connectivity index (χ1n) is 9.17. The topological polar surface area (TPSA) is 85.6 Å². The van der Waals surface area contributed by atoms with Gasteiger partial charge in [-0.25, -0.2) is 0 Å². The predicted octanol–water partition coefficient (Wildman–Crippen LogP) is 1.24. The van der Waals surface area contributed by atoms with Crippen molar-refractivity contribution in [3.63, 3.8) is 0 Å². The Morgan fingerprint density at radius 3 is 3.00 bits per heavy atom. The minimum Gasteiger partial charge on any atom is -0.383 e. The molecule has 25 heavy (non-hydrogen) atoms. The number of carbonyl (C=O) groups is 1. The van der Waals surface area contributed by atoms with E-state index in [1.54, 1.807) is 7.11 Å². The summed E-state index contributed by atoms with van der Waals surface area (Å²) in [7, 11) is 1.64. The average molecular weight is 351 g/mol. The summed E-state index contributed by atoms with van der Waals surface area (Å²) >= 11 is 0. The van der Waals surface area contributed by atoms with Crippen LogP contribution in [0.15, 0.2) is 10.6 Å². The number of methoxy groups -OCH3 is 1. The monoisotopic (exact) mass is 351 g/mol. The summed E-state index contributed by atoms with van der Waals surface area (Å²) < 4.78 is 16.1. The summed E-state index contributed by atoms with van der Waals surface area (Å²) in [6.45, 7) is 5.63. The molecule has 3 heterocycles. The number of aromatic nitrogens is 1. The van der Waals surface area contributed by atoms with Crippen LogP contribution < -0.4 is 10.6 Å². The van der Waals surface area contributed by atoms with E-state index in [1.807, 2.05) is 13.0 Å². The van der Waals surface area contributed by atoms with Gasteiger partial charge in [-0.2, -0.15) is 0 Å². The van der Waals surface area contributed by atoms with Crippen molar-refractivity contribution in [1.82, 2.24) is 15.8 Å². The molecule has 2 aliphatic heterocycles. The molecule has 2 atom stereocenters. The van der Waals surface area contributed by atoms with E-state index >= 15 is 0 Å². The van der Waals surface area contributed by atoms with E-state index in [2.05, 4.69) is 15.8 Å². The van der Waals surface area contributed by atoms with Crippen molar-refractivity contribution in [3.05, 3.63) is 17.5 Å². The van der Waals surface area contributed by atoms with Gasteiger partial charge in [0, 0.05) is 38.2 Å². The lowest BCUT2D eigenvalue weighted by atomic mass is 9.74. The second-order valence-corrected chi connectivity index (χ2v) is 7.32. The van der Waals surface area contributed by atoms with E-state index in [-0.39, 0.29) is 11.9 Å². The Labute approximate surface area is 148 Å². The van der Waals surface area contributed by atoms with Crippen molar-refractivity contribution in [3.8, 4) is 0 Å². The van der Waals surface area contributed by atoms with E-state index in [0.717, 1.165) is 50.4 Å². The summed E-state index contributed by atoms with van der Waals surface area (Å²) in [6.07, 6.45) is 3.15. The molecule has 140 valence electrons. The van der Waals surface area contributed by atoms with Crippen LogP contribution >= 0.6 is 0 Å². The maximum Gasteiger partial charge on any atom is 0.227 e. The molecule has 0 spiro atoms. The number of rotatable bonds is 7. The van der Waals surface area contributed by atoms with Gasteiger partial charge in [0.2, 0.25) is 5.91 Å². The summed E-state index contributed by atoms with van der Waals surface area (Å²) in [5.74, 6) is 1.19. The first-order valence-corrected chi connectivity index (χ1v) is 9.17. The molecule has 0 bridgehead atoms. The van der Waals surface area contributed by atoms with Gasteiger partial charge in [0.05, 0.1) is 24.3 Å². The van der Waals surface area contributed by atoms with Crippen molar-refractivity contribution in [2.45, 2.75) is 44.6 Å². The maximum absolute atomic E-state index is 13.0. The van der Waals surface area contributed by atoms with Crippen LogP contribution in [0.4, 0.5) is 0 Å². The van der Waals surface area contributed by atoms with E-state index < -0.39 is 5.41 Å². The lowest BCUT2D eigenvalue weighted by molar-refractivity contribution is -0.133. The number of hydrogen-bond acceptors (Lipinski definition) is 6. The zero-order chi connectivity index (χ0) is 17.7. The van der Waals surface area contributed by atoms with Crippen LogP contribution in [0.1, 0.15) is 43.6 Å². The Kier molecular flexibility index (Phi) is 6.09. The van der Waals surface area contributed by atoms with Gasteiger partial charge in [-0.1, -0.05) is 5.16 Å². The number of nitrogens with zero attached hydrogens (tertiary/aromatic N) is 1. The maximum atomic E-state index is 13.0. The molecule has 0 saturated carbocycles. The first kappa shape index (κ1) is 18.4. The third-order valence-electron chi connectivity index (χ3n) is 5.27. The molecule has 1 aromatic rings. The molecular weight excluding hydrogens is 322 g/mol. The van der Waals surface area contributed by atoms with Crippen LogP contribution in [0.3, 0.4) is 0 Å². The molecule has 2 saturated heterocycles. The van der Waals surface area contributed by atoms with Crippen molar-refractivity contribution < 1.29 is 18.8 Å². The second kappa shape index (κ2) is 8.29. The lowest BCUT2D eigenvalue weighted by Crippen LogP contribution is -2.51. The highest BCUT2D eigenvalue weighted by atomic mass is 16.5. The molecule has 0 radical (unpaired) electrons. The molecule has 2 aliphatic rings. The normalized spacial score (nSPS) is 24.2. The zero-order valence-electron chi connectivity index (χ0n) is 15.2. The molecule has 7 nitrogen and oxygen atoms in total. The van der Waals surface area contributed by atoms with Gasteiger partial charge in [0.1, 0.15) is 5.76 Å². The second-order valence-electron chi connectivity index (χ2n) is 7.32. The number of piperidine rings is 1. The number of ether oxygens (including phenoxy) is 2. The molecule has 1 aromatic heterocycles. The predicted molar refractivity (Wildman–Crippen MR) is 92.4 cm³/mol. The van der Waals surface area contributed by atoms with Gasteiger partial charge in [-0.05, 0) is 39.3 Å². The van der Waals surface area contributed by atoms with Gasteiger partial charge in [-0.3, -0.25) is 4.79 Å². The van der Waals surface area contributed by atoms with Crippen molar-refractivity contribution in [2.24, 2.45) is 5.41 Å². The molecule has 0 aliphatic carbocycles. The fourth-order valence-electron chi connectivity index (χ4n) is 3.76. The number of amides is 1. The number of carbonyl (C=O) groups excluding carboxylic acids is 1. The van der Waals surface area contributed by atoms with E-state index in [9.17, 15) is 4.79 Å². The standard InChI is InChI=1S/C18H29N3O4/c1-13(11-23-2)20-17(22)18(4-6-19-7-5-18)10-15-9-16(21-25-15)14-3-8-24-12-14/h9,13-14,19H,3-8,10-12H2,1-2H3,(H,20,22)/t13-,14+/m0/s1. The summed E-state index contributed by atoms with van der Waals surface area (Å²) in [6, 6.07) is 2.00. The van der Waals surface area contributed by atoms with Gasteiger partial charge in [-0.15, -0.1) is 0 Å². The van der Waals surface area contributed by atoms with Crippen LogP contribution in [0.2, 0.25) is 0 Å². The molecule has 1 amide bonds. The van der Waals surface area contributed by atoms with Crippen molar-refractivity contribution >= 4 is 5.91 Å². The highest BCUT2D eigenvalue weighted by Crippen LogP contribution is 2.35. The highest BCUT2D eigenvalue weighted by Gasteiger charge is 2.41. The molecule has 3 rings (SSSR count). The van der Waals surface area contributed by atoms with Gasteiger partial charge >= 0.3 is 0 Å². The van der Waals surface area contributed by atoms with Gasteiger partial charge < -0.3 is 24.6 Å². The SMILES string of the molecule is COC[C@H](C)NC(=O)C1(Cc2cc([C@@H]3CCOC3)no2)CCNCC1. The minimum absolute atomic E-state index is 0.00909.